The molecular formula is C13H14Br2N2OS. The maximum atomic E-state index is 12.0. The first kappa shape index (κ1) is 14.9. The molecule has 0 saturated heterocycles. The maximum Gasteiger partial charge on any atom is 0.240 e. The molecule has 1 atom stereocenters. The van der Waals surface area contributed by atoms with Crippen molar-refractivity contribution in [2.24, 2.45) is 5.92 Å². The second kappa shape index (κ2) is 5.89. The first-order valence-electron chi connectivity index (χ1n) is 5.90. The predicted molar refractivity (Wildman–Crippen MR) is 88.2 cm³/mol. The molecule has 0 fully saturated rings. The summed E-state index contributed by atoms with van der Waals surface area (Å²) >= 11 is 8.35. The van der Waals surface area contributed by atoms with Gasteiger partial charge in [-0.1, -0.05) is 57.0 Å². The number of thiazole rings is 1. The van der Waals surface area contributed by atoms with Gasteiger partial charge in [-0.3, -0.25) is 4.79 Å². The van der Waals surface area contributed by atoms with Crippen LogP contribution in [-0.4, -0.2) is 15.7 Å². The number of aromatic nitrogens is 1. The van der Waals surface area contributed by atoms with E-state index < -0.39 is 0 Å². The van der Waals surface area contributed by atoms with Gasteiger partial charge in [0, 0.05) is 4.47 Å². The summed E-state index contributed by atoms with van der Waals surface area (Å²) in [6.45, 7) is 6.01. The van der Waals surface area contributed by atoms with Crippen molar-refractivity contribution in [2.75, 3.05) is 5.32 Å². The summed E-state index contributed by atoms with van der Waals surface area (Å²) in [5.41, 5.74) is 2.04. The highest BCUT2D eigenvalue weighted by Crippen LogP contribution is 2.31. The Morgan fingerprint density at radius 2 is 2.11 bits per heavy atom. The van der Waals surface area contributed by atoms with E-state index in [0.717, 1.165) is 20.3 Å². The number of rotatable bonds is 3. The van der Waals surface area contributed by atoms with Crippen LogP contribution in [0.1, 0.15) is 19.4 Å². The summed E-state index contributed by atoms with van der Waals surface area (Å²) in [5.74, 6) is 0.191. The molecule has 3 nitrogen and oxygen atoms in total. The van der Waals surface area contributed by atoms with Crippen molar-refractivity contribution in [3.05, 3.63) is 22.2 Å². The minimum atomic E-state index is -0.202. The lowest BCUT2D eigenvalue weighted by Gasteiger charge is -2.11. The number of benzene rings is 1. The van der Waals surface area contributed by atoms with E-state index in [2.05, 4.69) is 42.2 Å². The average molecular weight is 406 g/mol. The van der Waals surface area contributed by atoms with Gasteiger partial charge in [0.2, 0.25) is 5.91 Å². The Bertz CT molecular complexity index is 624. The highest BCUT2D eigenvalue weighted by Gasteiger charge is 2.20. The molecular weight excluding hydrogens is 392 g/mol. The van der Waals surface area contributed by atoms with Crippen LogP contribution < -0.4 is 5.32 Å². The summed E-state index contributed by atoms with van der Waals surface area (Å²) in [5, 5.41) is 3.51. The zero-order valence-corrected chi connectivity index (χ0v) is 14.8. The van der Waals surface area contributed by atoms with Gasteiger partial charge >= 0.3 is 0 Å². The van der Waals surface area contributed by atoms with Crippen molar-refractivity contribution in [1.82, 2.24) is 4.98 Å². The number of nitrogens with one attached hydrogen (secondary N) is 1. The molecule has 1 N–H and O–H groups in total. The fourth-order valence-electron chi connectivity index (χ4n) is 1.68. The minimum absolute atomic E-state index is 0.0502. The molecule has 1 amide bonds. The Hall–Kier alpha value is -0.460. The zero-order valence-electron chi connectivity index (χ0n) is 10.8. The lowest BCUT2D eigenvalue weighted by Crippen LogP contribution is -2.26. The van der Waals surface area contributed by atoms with E-state index in [1.807, 2.05) is 32.9 Å². The number of alkyl halides is 1. The third-order valence-electron chi connectivity index (χ3n) is 2.72. The maximum absolute atomic E-state index is 12.0. The van der Waals surface area contributed by atoms with Gasteiger partial charge in [0.1, 0.15) is 0 Å². The molecule has 0 aliphatic rings. The molecule has 0 saturated carbocycles. The van der Waals surface area contributed by atoms with Crippen LogP contribution in [0, 0.1) is 12.8 Å². The number of fused-ring (bicyclic) bond motifs is 1. The van der Waals surface area contributed by atoms with Gasteiger partial charge in [-0.2, -0.15) is 0 Å². The molecule has 1 aromatic heterocycles. The number of amides is 1. The molecule has 2 rings (SSSR count). The highest BCUT2D eigenvalue weighted by atomic mass is 79.9. The quantitative estimate of drug-likeness (QED) is 0.750. The second-order valence-electron chi connectivity index (χ2n) is 4.72. The normalized spacial score (nSPS) is 12.9. The van der Waals surface area contributed by atoms with Gasteiger partial charge in [-0.25, -0.2) is 4.98 Å². The van der Waals surface area contributed by atoms with Gasteiger partial charge in [0.15, 0.2) is 5.13 Å². The number of carbonyl (C=O) groups is 1. The van der Waals surface area contributed by atoms with Crippen LogP contribution in [-0.2, 0) is 4.79 Å². The SMILES string of the molecule is Cc1cc(Br)cc2sc(NC(=O)C(Br)C(C)C)nc12. The molecule has 0 bridgehead atoms. The molecule has 1 aromatic carbocycles. The second-order valence-corrected chi connectivity index (χ2v) is 7.66. The lowest BCUT2D eigenvalue weighted by atomic mass is 10.1. The number of aryl methyl sites for hydroxylation is 1. The summed E-state index contributed by atoms with van der Waals surface area (Å²) in [6.07, 6.45) is 0. The van der Waals surface area contributed by atoms with Crippen LogP contribution >= 0.6 is 43.2 Å². The monoisotopic (exact) mass is 404 g/mol. The van der Waals surface area contributed by atoms with Crippen LogP contribution in [0.3, 0.4) is 0 Å². The molecule has 0 radical (unpaired) electrons. The molecule has 2 aromatic rings. The topological polar surface area (TPSA) is 42.0 Å². The summed E-state index contributed by atoms with van der Waals surface area (Å²) < 4.78 is 2.09. The van der Waals surface area contributed by atoms with Crippen molar-refractivity contribution >= 4 is 64.5 Å². The largest absolute Gasteiger partial charge is 0.301 e. The smallest absolute Gasteiger partial charge is 0.240 e. The van der Waals surface area contributed by atoms with Crippen molar-refractivity contribution in [3.63, 3.8) is 0 Å². The van der Waals surface area contributed by atoms with Gasteiger partial charge in [0.05, 0.1) is 15.0 Å². The Morgan fingerprint density at radius 1 is 1.42 bits per heavy atom. The first-order valence-corrected chi connectivity index (χ1v) is 8.42. The Balaban J connectivity index is 2.27. The van der Waals surface area contributed by atoms with Crippen molar-refractivity contribution < 1.29 is 4.79 Å². The molecule has 1 heterocycles. The van der Waals surface area contributed by atoms with E-state index >= 15 is 0 Å². The molecule has 1 unspecified atom stereocenters. The third-order valence-corrected chi connectivity index (χ3v) is 5.56. The Kier molecular flexibility index (Phi) is 4.63. The van der Waals surface area contributed by atoms with E-state index in [4.69, 9.17) is 0 Å². The Labute approximate surface area is 133 Å². The van der Waals surface area contributed by atoms with Gasteiger partial charge < -0.3 is 5.32 Å². The third kappa shape index (κ3) is 3.35. The molecule has 6 heteroatoms. The Morgan fingerprint density at radius 3 is 2.74 bits per heavy atom. The van der Waals surface area contributed by atoms with Crippen molar-refractivity contribution in [1.29, 1.82) is 0 Å². The summed E-state index contributed by atoms with van der Waals surface area (Å²) in [6, 6.07) is 4.04. The van der Waals surface area contributed by atoms with Gasteiger partial charge in [0.25, 0.3) is 0 Å². The number of hydrogen-bond acceptors (Lipinski definition) is 3. The van der Waals surface area contributed by atoms with Crippen LogP contribution in [0.15, 0.2) is 16.6 Å². The molecule has 19 heavy (non-hydrogen) atoms. The molecule has 0 aliphatic heterocycles. The minimum Gasteiger partial charge on any atom is -0.301 e. The number of nitrogens with zero attached hydrogens (tertiary/aromatic N) is 1. The summed E-state index contributed by atoms with van der Waals surface area (Å²) in [7, 11) is 0. The van der Waals surface area contributed by atoms with Crippen LogP contribution in [0.5, 0.6) is 0 Å². The number of hydrogen-bond donors (Lipinski definition) is 1. The highest BCUT2D eigenvalue weighted by molar-refractivity contribution is 9.10. The average Bonchev–Trinajstić information content (AvgIpc) is 2.70. The molecule has 102 valence electrons. The molecule has 0 aliphatic carbocycles. The zero-order chi connectivity index (χ0) is 14.2. The van der Waals surface area contributed by atoms with Crippen molar-refractivity contribution in [3.8, 4) is 0 Å². The predicted octanol–water partition coefficient (Wildman–Crippen LogP) is 4.73. The van der Waals surface area contributed by atoms with Crippen molar-refractivity contribution in [2.45, 2.75) is 25.6 Å². The van der Waals surface area contributed by atoms with Gasteiger partial charge in [-0.05, 0) is 30.5 Å². The van der Waals surface area contributed by atoms with Crippen LogP contribution in [0.4, 0.5) is 5.13 Å². The van der Waals surface area contributed by atoms with E-state index in [-0.39, 0.29) is 16.7 Å². The number of halogens is 2. The number of anilines is 1. The number of carbonyl (C=O) groups excluding carboxylic acids is 1. The van der Waals surface area contributed by atoms with E-state index in [0.29, 0.717) is 5.13 Å². The first-order chi connectivity index (χ1) is 8.88. The fourth-order valence-corrected chi connectivity index (χ4v) is 3.51. The van der Waals surface area contributed by atoms with E-state index in [1.54, 1.807) is 0 Å². The lowest BCUT2D eigenvalue weighted by molar-refractivity contribution is -0.116. The van der Waals surface area contributed by atoms with Crippen LogP contribution in [0.25, 0.3) is 10.2 Å². The fraction of sp³-hybridized carbons (Fsp3) is 0.385. The summed E-state index contributed by atoms with van der Waals surface area (Å²) in [4.78, 5) is 16.3. The van der Waals surface area contributed by atoms with E-state index in [1.165, 1.54) is 11.3 Å². The van der Waals surface area contributed by atoms with E-state index in [9.17, 15) is 4.79 Å². The standard InChI is InChI=1S/C13H14Br2N2OS/c1-6(2)10(15)12(18)17-13-16-11-7(3)4-8(14)5-9(11)19-13/h4-6,10H,1-3H3,(H,16,17,18). The van der Waals surface area contributed by atoms with Gasteiger partial charge in [-0.15, -0.1) is 0 Å². The van der Waals surface area contributed by atoms with Crippen LogP contribution in [0.2, 0.25) is 0 Å². The molecule has 0 spiro atoms.